The quantitative estimate of drug-likeness (QED) is 0.303. The third-order valence-corrected chi connectivity index (χ3v) is 6.56. The number of imidazole rings is 1. The van der Waals surface area contributed by atoms with Crippen LogP contribution in [0.2, 0.25) is 5.15 Å². The maximum Gasteiger partial charge on any atom is 0.277 e. The first-order valence-corrected chi connectivity index (χ1v) is 12.2. The third-order valence-electron chi connectivity index (χ3n) is 6.28. The summed E-state index contributed by atoms with van der Waals surface area (Å²) in [5.74, 6) is 0.101. The number of amides is 2. The van der Waals surface area contributed by atoms with E-state index in [1.165, 1.54) is 0 Å². The van der Waals surface area contributed by atoms with Gasteiger partial charge in [-0.1, -0.05) is 17.7 Å². The molecule has 11 nitrogen and oxygen atoms in total. The van der Waals surface area contributed by atoms with Gasteiger partial charge in [0.1, 0.15) is 6.54 Å². The van der Waals surface area contributed by atoms with Crippen LogP contribution in [0.15, 0.2) is 18.2 Å². The molecule has 186 valence electrons. The van der Waals surface area contributed by atoms with Crippen LogP contribution in [0, 0.1) is 0 Å². The number of aromatic nitrogens is 4. The Morgan fingerprint density at radius 1 is 1.17 bits per heavy atom. The minimum atomic E-state index is -0.517. The molecule has 1 fully saturated rings. The Labute approximate surface area is 208 Å². The summed E-state index contributed by atoms with van der Waals surface area (Å²) in [5, 5.41) is 9.28. The molecule has 4 rings (SSSR count). The number of aryl methyl sites for hydroxylation is 2. The summed E-state index contributed by atoms with van der Waals surface area (Å²) in [4.78, 5) is 34.0. The number of hydrogen-bond donors (Lipinski definition) is 5. The van der Waals surface area contributed by atoms with E-state index in [2.05, 4.69) is 35.1 Å². The number of nitrogens with zero attached hydrogens (tertiary/aromatic N) is 4. The van der Waals surface area contributed by atoms with Crippen LogP contribution in [0.25, 0.3) is 11.0 Å². The molecule has 2 amide bonds. The molecule has 0 bridgehead atoms. The lowest BCUT2D eigenvalue weighted by Gasteiger charge is -2.23. The zero-order valence-corrected chi connectivity index (χ0v) is 20.7. The Bertz CT molecular complexity index is 1270. The first kappa shape index (κ1) is 24.7. The average molecular weight is 501 g/mol. The lowest BCUT2D eigenvalue weighted by molar-refractivity contribution is -0.676. The molecule has 2 aromatic heterocycles. The van der Waals surface area contributed by atoms with Crippen molar-refractivity contribution in [1.82, 2.24) is 30.5 Å². The molecule has 7 N–H and O–H groups in total. The Morgan fingerprint density at radius 2 is 1.91 bits per heavy atom. The number of hydrogen-bond acceptors (Lipinski definition) is 7. The van der Waals surface area contributed by atoms with Crippen LogP contribution < -0.4 is 32.0 Å². The van der Waals surface area contributed by atoms with Gasteiger partial charge in [0.05, 0.1) is 18.7 Å². The molecular weight excluding hydrogens is 470 g/mol. The van der Waals surface area contributed by atoms with Crippen LogP contribution in [0.3, 0.4) is 0 Å². The van der Waals surface area contributed by atoms with Crippen molar-refractivity contribution >= 4 is 46.1 Å². The molecule has 0 unspecified atom stereocenters. The van der Waals surface area contributed by atoms with Gasteiger partial charge in [0.15, 0.2) is 33.5 Å². The summed E-state index contributed by atoms with van der Waals surface area (Å²) in [6.45, 7) is 7.28. The average Bonchev–Trinajstić information content (AvgIpc) is 3.17. The van der Waals surface area contributed by atoms with Gasteiger partial charge in [-0.25, -0.2) is 19.1 Å². The van der Waals surface area contributed by atoms with Crippen LogP contribution in [0.1, 0.15) is 53.4 Å². The molecule has 1 saturated heterocycles. The lowest BCUT2D eigenvalue weighted by Crippen LogP contribution is -2.44. The summed E-state index contributed by atoms with van der Waals surface area (Å²) >= 11 is 5.93. The van der Waals surface area contributed by atoms with Crippen LogP contribution in [-0.2, 0) is 19.6 Å². The van der Waals surface area contributed by atoms with E-state index in [1.807, 2.05) is 32.0 Å². The molecule has 3 heterocycles. The van der Waals surface area contributed by atoms with Crippen molar-refractivity contribution in [3.63, 3.8) is 0 Å². The highest BCUT2D eigenvalue weighted by atomic mass is 35.5. The van der Waals surface area contributed by atoms with Gasteiger partial charge in [-0.2, -0.15) is 0 Å². The second-order valence-corrected chi connectivity index (χ2v) is 8.75. The highest BCUT2D eigenvalue weighted by molar-refractivity contribution is 6.31. The molecule has 1 aliphatic rings. The van der Waals surface area contributed by atoms with Gasteiger partial charge in [0, 0.05) is 6.04 Å². The second kappa shape index (κ2) is 10.4. The molecule has 0 saturated carbocycles. The van der Waals surface area contributed by atoms with Crippen LogP contribution in [-0.4, -0.2) is 45.5 Å². The predicted molar refractivity (Wildman–Crippen MR) is 134 cm³/mol. The molecule has 0 aliphatic carbocycles. The number of para-hydroxylation sites is 1. The molecule has 1 aliphatic heterocycles. The molecule has 1 aromatic carbocycles. The summed E-state index contributed by atoms with van der Waals surface area (Å²) < 4.78 is 4.15. The highest BCUT2D eigenvalue weighted by Gasteiger charge is 2.29. The summed E-state index contributed by atoms with van der Waals surface area (Å²) in [7, 11) is 0. The molecule has 0 radical (unpaired) electrons. The van der Waals surface area contributed by atoms with Gasteiger partial charge in [-0.05, 0) is 51.9 Å². The van der Waals surface area contributed by atoms with Crippen molar-refractivity contribution < 1.29 is 14.2 Å². The first-order valence-electron chi connectivity index (χ1n) is 11.8. The number of nitrogens with one attached hydrogen (secondary N) is 3. The zero-order chi connectivity index (χ0) is 25.1. The smallest absolute Gasteiger partial charge is 0.277 e. The van der Waals surface area contributed by atoms with E-state index in [4.69, 9.17) is 23.1 Å². The van der Waals surface area contributed by atoms with Gasteiger partial charge >= 0.3 is 0 Å². The van der Waals surface area contributed by atoms with E-state index >= 15 is 0 Å². The predicted octanol–water partition coefficient (Wildman–Crippen LogP) is 0.988. The number of carbonyl (C=O) groups excluding carboxylic acids is 2. The normalized spacial score (nSPS) is 14.3. The van der Waals surface area contributed by atoms with Crippen molar-refractivity contribution in [2.75, 3.05) is 24.6 Å². The zero-order valence-electron chi connectivity index (χ0n) is 19.9. The number of halogens is 1. The number of piperidine rings is 1. The summed E-state index contributed by atoms with van der Waals surface area (Å²) in [6.07, 6.45) is 1.81. The third kappa shape index (κ3) is 4.87. The number of nitrogens with two attached hydrogens (primary N) is 2. The van der Waals surface area contributed by atoms with E-state index in [1.54, 1.807) is 0 Å². The van der Waals surface area contributed by atoms with Crippen LogP contribution in [0.4, 0.5) is 11.6 Å². The number of rotatable bonds is 7. The Morgan fingerprint density at radius 3 is 2.60 bits per heavy atom. The fraction of sp³-hybridized carbons (Fsp3) is 0.435. The molecule has 0 atom stereocenters. The Kier molecular flexibility index (Phi) is 7.37. The monoisotopic (exact) mass is 500 g/mol. The number of nitrogen functional groups attached to an aromatic ring is 2. The molecule has 12 heteroatoms. The van der Waals surface area contributed by atoms with Crippen LogP contribution >= 0.6 is 11.6 Å². The topological polar surface area (TPSA) is 157 Å². The van der Waals surface area contributed by atoms with Gasteiger partial charge in [-0.15, -0.1) is 0 Å². The highest BCUT2D eigenvalue weighted by Crippen LogP contribution is 2.21. The van der Waals surface area contributed by atoms with Crippen molar-refractivity contribution in [3.8, 4) is 0 Å². The van der Waals surface area contributed by atoms with E-state index in [-0.39, 0.29) is 41.0 Å². The van der Waals surface area contributed by atoms with Crippen molar-refractivity contribution in [3.05, 3.63) is 40.4 Å². The Hall–Kier alpha value is -3.44. The number of fused-ring (bicyclic) bond motifs is 1. The van der Waals surface area contributed by atoms with Crippen molar-refractivity contribution in [1.29, 1.82) is 0 Å². The first-order chi connectivity index (χ1) is 16.8. The molecule has 0 spiro atoms. The molecule has 3 aromatic rings. The van der Waals surface area contributed by atoms with Gasteiger partial charge in [-0.3, -0.25) is 9.59 Å². The van der Waals surface area contributed by atoms with Crippen LogP contribution in [0.5, 0.6) is 0 Å². The summed E-state index contributed by atoms with van der Waals surface area (Å²) in [6, 6.07) is 5.88. The minimum Gasteiger partial charge on any atom is -0.382 e. The van der Waals surface area contributed by atoms with Gasteiger partial charge in [0.25, 0.3) is 17.6 Å². The minimum absolute atomic E-state index is 0.0362. The molecule has 35 heavy (non-hydrogen) atoms. The standard InChI is InChI=1S/C23H30ClN9O2/c1-3-32-15-7-5-6-14(22(34)29-13-8-10-27-11-9-13)18(15)33(4-2)16(32)12-28-23(35)17-20(25)31-21(26)19(24)30-17/h5-7,13,27H,3-4,8-12H2,1-2H3,(H5-,25,26,28,29,31,34,35)/p+1. The fourth-order valence-corrected chi connectivity index (χ4v) is 4.72. The summed E-state index contributed by atoms with van der Waals surface area (Å²) in [5.41, 5.74) is 13.7. The largest absolute Gasteiger partial charge is 0.382 e. The van der Waals surface area contributed by atoms with E-state index < -0.39 is 5.91 Å². The van der Waals surface area contributed by atoms with Crippen molar-refractivity contribution in [2.45, 2.75) is 52.4 Å². The van der Waals surface area contributed by atoms with E-state index in [0.29, 0.717) is 18.7 Å². The van der Waals surface area contributed by atoms with Crippen molar-refractivity contribution in [2.24, 2.45) is 0 Å². The van der Waals surface area contributed by atoms with E-state index in [9.17, 15) is 9.59 Å². The SMILES string of the molecule is CCn1c(CNC(=O)c2nc(Cl)c(N)nc2N)[n+](CC)c2c(C(=O)NC3CCNCC3)cccc21. The van der Waals surface area contributed by atoms with Gasteiger partial charge in [0.2, 0.25) is 0 Å². The lowest BCUT2D eigenvalue weighted by atomic mass is 10.1. The maximum absolute atomic E-state index is 13.3. The van der Waals surface area contributed by atoms with Gasteiger partial charge < -0.3 is 27.4 Å². The number of carbonyl (C=O) groups is 2. The van der Waals surface area contributed by atoms with E-state index in [0.717, 1.165) is 42.8 Å². The Balaban J connectivity index is 1.66. The maximum atomic E-state index is 13.3. The second-order valence-electron chi connectivity index (χ2n) is 8.39. The number of anilines is 2. The number of benzene rings is 1. The molecular formula is C23H31ClN9O2+. The fourth-order valence-electron chi connectivity index (χ4n) is 4.60.